The summed E-state index contributed by atoms with van der Waals surface area (Å²) in [6, 6.07) is 0. The Kier molecular flexibility index (Phi) is 11.6. The molecule has 12 heavy (non-hydrogen) atoms. The predicted octanol–water partition coefficient (Wildman–Crippen LogP) is 3.97. The number of hydrogen-bond donors (Lipinski definition) is 0. The Morgan fingerprint density at radius 2 is 1.92 bits per heavy atom. The van der Waals surface area contributed by atoms with Gasteiger partial charge in [-0.1, -0.05) is 32.9 Å². The molecule has 0 aliphatic heterocycles. The molecule has 1 nitrogen and oxygen atoms in total. The molecule has 0 N–H and O–H groups in total. The number of aliphatic imine (C=N–C) groups is 1. The van der Waals surface area contributed by atoms with E-state index in [1.165, 1.54) is 5.57 Å². The van der Waals surface area contributed by atoms with E-state index in [1.54, 1.807) is 0 Å². The average molecular weight is 167 g/mol. The van der Waals surface area contributed by atoms with Gasteiger partial charge in [0.25, 0.3) is 0 Å². The summed E-state index contributed by atoms with van der Waals surface area (Å²) in [4.78, 5) is 3.86. The molecule has 0 amide bonds. The maximum absolute atomic E-state index is 3.86. The van der Waals surface area contributed by atoms with E-state index < -0.39 is 0 Å². The molecule has 0 heterocycles. The van der Waals surface area contributed by atoms with Crippen LogP contribution >= 0.6 is 0 Å². The van der Waals surface area contributed by atoms with Crippen molar-refractivity contribution in [1.29, 1.82) is 0 Å². The highest BCUT2D eigenvalue weighted by atomic mass is 14.7. The molecule has 0 bridgehead atoms. The maximum Gasteiger partial charge on any atom is 0.0397 e. The quantitative estimate of drug-likeness (QED) is 0.445. The fraction of sp³-hybridized carbons (Fsp3) is 0.545. The standard InChI is InChI=1S/C9H15N.C2H6/c1-5-7-9(6-2)8(3)10-4;1-2/h5,7H,4,6H2,1-3H3;1-2H3/b7-5-,9-8-;. The summed E-state index contributed by atoms with van der Waals surface area (Å²) >= 11 is 0. The highest BCUT2D eigenvalue weighted by molar-refractivity contribution is 5.33. The average Bonchev–Trinajstić information content (AvgIpc) is 2.16. The van der Waals surface area contributed by atoms with E-state index in [1.807, 2.05) is 33.8 Å². The largest absolute Gasteiger partial charge is 0.269 e. The van der Waals surface area contributed by atoms with E-state index in [0.29, 0.717) is 0 Å². The molecular formula is C11H21N. The first-order chi connectivity index (χ1) is 5.76. The monoisotopic (exact) mass is 167 g/mol. The van der Waals surface area contributed by atoms with Gasteiger partial charge in [0, 0.05) is 5.70 Å². The van der Waals surface area contributed by atoms with Gasteiger partial charge in [-0.15, -0.1) is 0 Å². The first-order valence-electron chi connectivity index (χ1n) is 4.55. The fourth-order valence-corrected chi connectivity index (χ4v) is 0.797. The van der Waals surface area contributed by atoms with Crippen molar-refractivity contribution >= 4 is 6.72 Å². The van der Waals surface area contributed by atoms with Crippen molar-refractivity contribution in [2.24, 2.45) is 4.99 Å². The molecule has 0 aromatic heterocycles. The summed E-state index contributed by atoms with van der Waals surface area (Å²) in [7, 11) is 0. The summed E-state index contributed by atoms with van der Waals surface area (Å²) in [5, 5.41) is 0. The normalized spacial score (nSPS) is 11.8. The minimum atomic E-state index is 1.02. The number of rotatable bonds is 3. The lowest BCUT2D eigenvalue weighted by Gasteiger charge is -1.98. The summed E-state index contributed by atoms with van der Waals surface area (Å²) in [5.74, 6) is 0. The third-order valence-electron chi connectivity index (χ3n) is 1.45. The summed E-state index contributed by atoms with van der Waals surface area (Å²) < 4.78 is 0. The van der Waals surface area contributed by atoms with Gasteiger partial charge in [0.15, 0.2) is 0 Å². The van der Waals surface area contributed by atoms with Gasteiger partial charge in [-0.05, 0) is 32.6 Å². The summed E-state index contributed by atoms with van der Waals surface area (Å²) in [5.41, 5.74) is 2.29. The lowest BCUT2D eigenvalue weighted by Crippen LogP contribution is -1.79. The van der Waals surface area contributed by atoms with E-state index in [2.05, 4.69) is 24.7 Å². The zero-order chi connectivity index (χ0) is 9.98. The lowest BCUT2D eigenvalue weighted by molar-refractivity contribution is 1.09. The van der Waals surface area contributed by atoms with Crippen LogP contribution in [0.15, 0.2) is 28.4 Å². The van der Waals surface area contributed by atoms with E-state index in [-0.39, 0.29) is 0 Å². The minimum Gasteiger partial charge on any atom is -0.269 e. The molecule has 1 heteroatoms. The Morgan fingerprint density at radius 3 is 2.17 bits per heavy atom. The van der Waals surface area contributed by atoms with Crippen molar-refractivity contribution in [3.05, 3.63) is 23.4 Å². The van der Waals surface area contributed by atoms with E-state index in [0.717, 1.165) is 12.1 Å². The molecular weight excluding hydrogens is 146 g/mol. The molecule has 0 aromatic carbocycles. The second-order valence-electron chi connectivity index (χ2n) is 2.12. The lowest BCUT2D eigenvalue weighted by atomic mass is 10.1. The van der Waals surface area contributed by atoms with Crippen molar-refractivity contribution in [3.63, 3.8) is 0 Å². The SMILES string of the molecule is C=N/C(C)=C(\C=C/C)CC.CC. The highest BCUT2D eigenvalue weighted by Gasteiger charge is 1.91. The number of nitrogens with zero attached hydrogens (tertiary/aromatic N) is 1. The Bertz CT molecular complexity index is 164. The van der Waals surface area contributed by atoms with Gasteiger partial charge in [0.1, 0.15) is 0 Å². The molecule has 0 unspecified atom stereocenters. The molecule has 0 aromatic rings. The van der Waals surface area contributed by atoms with Gasteiger partial charge in [-0.2, -0.15) is 0 Å². The zero-order valence-electron chi connectivity index (χ0n) is 9.02. The maximum atomic E-state index is 3.86. The van der Waals surface area contributed by atoms with Crippen LogP contribution in [0.2, 0.25) is 0 Å². The van der Waals surface area contributed by atoms with Crippen molar-refractivity contribution in [3.8, 4) is 0 Å². The second kappa shape index (κ2) is 10.2. The third-order valence-corrected chi connectivity index (χ3v) is 1.45. The molecule has 0 radical (unpaired) electrons. The zero-order valence-corrected chi connectivity index (χ0v) is 9.02. The van der Waals surface area contributed by atoms with Gasteiger partial charge < -0.3 is 0 Å². The van der Waals surface area contributed by atoms with E-state index >= 15 is 0 Å². The van der Waals surface area contributed by atoms with Crippen LogP contribution in [-0.2, 0) is 0 Å². The smallest absolute Gasteiger partial charge is 0.0397 e. The van der Waals surface area contributed by atoms with Crippen LogP contribution in [0.25, 0.3) is 0 Å². The van der Waals surface area contributed by atoms with Crippen LogP contribution in [0.5, 0.6) is 0 Å². The first kappa shape index (κ1) is 13.7. The molecule has 0 saturated carbocycles. The molecule has 0 aliphatic carbocycles. The van der Waals surface area contributed by atoms with Crippen LogP contribution in [0.3, 0.4) is 0 Å². The van der Waals surface area contributed by atoms with Gasteiger partial charge in [-0.3, -0.25) is 4.99 Å². The topological polar surface area (TPSA) is 12.4 Å². The molecule has 0 spiro atoms. The van der Waals surface area contributed by atoms with Gasteiger partial charge in [0.05, 0.1) is 0 Å². The Balaban J connectivity index is 0. The molecule has 0 saturated heterocycles. The van der Waals surface area contributed by atoms with Crippen LogP contribution in [0, 0.1) is 0 Å². The molecule has 0 fully saturated rings. The third kappa shape index (κ3) is 5.90. The van der Waals surface area contributed by atoms with Crippen molar-refractivity contribution in [2.45, 2.75) is 41.0 Å². The minimum absolute atomic E-state index is 1.02. The molecule has 0 rings (SSSR count). The van der Waals surface area contributed by atoms with Crippen molar-refractivity contribution in [1.82, 2.24) is 0 Å². The van der Waals surface area contributed by atoms with Gasteiger partial charge in [-0.25, -0.2) is 0 Å². The predicted molar refractivity (Wildman–Crippen MR) is 58.7 cm³/mol. The van der Waals surface area contributed by atoms with Crippen molar-refractivity contribution in [2.75, 3.05) is 0 Å². The second-order valence-corrected chi connectivity index (χ2v) is 2.12. The van der Waals surface area contributed by atoms with Crippen LogP contribution in [0.4, 0.5) is 0 Å². The Morgan fingerprint density at radius 1 is 1.42 bits per heavy atom. The molecule has 0 atom stereocenters. The van der Waals surface area contributed by atoms with Crippen molar-refractivity contribution < 1.29 is 0 Å². The Labute approximate surface area is 76.9 Å². The Hall–Kier alpha value is -0.850. The first-order valence-corrected chi connectivity index (χ1v) is 4.55. The number of hydrogen-bond acceptors (Lipinski definition) is 1. The van der Waals surface area contributed by atoms with E-state index in [9.17, 15) is 0 Å². The summed E-state index contributed by atoms with van der Waals surface area (Å²) in [6.07, 6.45) is 5.12. The molecule has 70 valence electrons. The van der Waals surface area contributed by atoms with Crippen LogP contribution < -0.4 is 0 Å². The molecule has 0 aliphatic rings. The fourth-order valence-electron chi connectivity index (χ4n) is 0.797. The van der Waals surface area contributed by atoms with E-state index in [4.69, 9.17) is 0 Å². The van der Waals surface area contributed by atoms with Crippen LogP contribution in [-0.4, -0.2) is 6.72 Å². The highest BCUT2D eigenvalue weighted by Crippen LogP contribution is 2.09. The summed E-state index contributed by atoms with van der Waals surface area (Å²) in [6.45, 7) is 13.6. The van der Waals surface area contributed by atoms with Gasteiger partial charge >= 0.3 is 0 Å². The van der Waals surface area contributed by atoms with Crippen LogP contribution in [0.1, 0.15) is 41.0 Å². The van der Waals surface area contributed by atoms with Gasteiger partial charge in [0.2, 0.25) is 0 Å². The number of allylic oxidation sites excluding steroid dienone is 4.